The molecule has 1 aromatic carbocycles. The highest BCUT2D eigenvalue weighted by Gasteiger charge is 2.10. The van der Waals surface area contributed by atoms with E-state index >= 15 is 0 Å². The predicted octanol–water partition coefficient (Wildman–Crippen LogP) is 3.09. The van der Waals surface area contributed by atoms with Crippen LogP contribution in [0.15, 0.2) is 28.7 Å². The van der Waals surface area contributed by atoms with E-state index in [-0.39, 0.29) is 6.04 Å². The highest BCUT2D eigenvalue weighted by molar-refractivity contribution is 5.31. The van der Waals surface area contributed by atoms with E-state index in [0.717, 1.165) is 0 Å². The van der Waals surface area contributed by atoms with Crippen molar-refractivity contribution in [2.24, 2.45) is 0 Å². The molecule has 1 aromatic heterocycles. The van der Waals surface area contributed by atoms with Gasteiger partial charge < -0.3 is 15.1 Å². The second-order valence-corrected chi connectivity index (χ2v) is 5.22. The van der Waals surface area contributed by atoms with Gasteiger partial charge in [-0.15, -0.1) is 5.10 Å². The number of rotatable bonds is 6. The van der Waals surface area contributed by atoms with E-state index in [9.17, 15) is 0 Å². The van der Waals surface area contributed by atoms with E-state index in [0.29, 0.717) is 24.4 Å². The summed E-state index contributed by atoms with van der Waals surface area (Å²) in [6.45, 7) is 7.04. The van der Waals surface area contributed by atoms with Crippen LogP contribution in [0, 0.1) is 0 Å². The van der Waals surface area contributed by atoms with Crippen molar-refractivity contribution >= 4 is 6.01 Å². The Labute approximate surface area is 119 Å². The zero-order valence-electron chi connectivity index (χ0n) is 12.5. The summed E-state index contributed by atoms with van der Waals surface area (Å²) in [5.41, 5.74) is 2.54. The number of hydrogen-bond donors (Lipinski definition) is 2. The third kappa shape index (κ3) is 3.57. The maximum Gasteiger partial charge on any atom is 0.315 e. The first-order valence-corrected chi connectivity index (χ1v) is 6.93. The molecular formula is C15H22N4O. The molecule has 2 aromatic rings. The number of nitrogens with zero attached hydrogens (tertiary/aromatic N) is 2. The standard InChI is InChI=1S/C15H22N4O/c1-10(2)12-5-7-13(8-6-12)11(3)17-15-19-18-14(20-15)9-16-4/h5-8,10-11,16H,9H2,1-4H3,(H,17,19). The van der Waals surface area contributed by atoms with Gasteiger partial charge in [0.1, 0.15) is 0 Å². The minimum Gasteiger partial charge on any atom is -0.407 e. The maximum absolute atomic E-state index is 5.48. The zero-order valence-corrected chi connectivity index (χ0v) is 12.5. The summed E-state index contributed by atoms with van der Waals surface area (Å²) in [6.07, 6.45) is 0. The summed E-state index contributed by atoms with van der Waals surface area (Å²) in [4.78, 5) is 0. The SMILES string of the molecule is CNCc1nnc(NC(C)c2ccc(C(C)C)cc2)o1. The van der Waals surface area contributed by atoms with E-state index in [1.165, 1.54) is 11.1 Å². The van der Waals surface area contributed by atoms with Gasteiger partial charge in [0.25, 0.3) is 0 Å². The topological polar surface area (TPSA) is 63.0 Å². The first-order valence-electron chi connectivity index (χ1n) is 6.93. The molecule has 0 aliphatic rings. The van der Waals surface area contributed by atoms with Crippen molar-refractivity contribution in [3.05, 3.63) is 41.3 Å². The van der Waals surface area contributed by atoms with Crippen LogP contribution >= 0.6 is 0 Å². The van der Waals surface area contributed by atoms with Crippen molar-refractivity contribution in [2.45, 2.75) is 39.3 Å². The molecule has 2 N–H and O–H groups in total. The molecule has 0 fully saturated rings. The fraction of sp³-hybridized carbons (Fsp3) is 0.467. The van der Waals surface area contributed by atoms with E-state index in [4.69, 9.17) is 4.42 Å². The lowest BCUT2D eigenvalue weighted by Gasteiger charge is -2.13. The second kappa shape index (κ2) is 6.52. The molecule has 2 rings (SSSR count). The molecule has 0 aliphatic heterocycles. The van der Waals surface area contributed by atoms with Gasteiger partial charge in [0.15, 0.2) is 0 Å². The van der Waals surface area contributed by atoms with Crippen LogP contribution in [-0.2, 0) is 6.54 Å². The van der Waals surface area contributed by atoms with Gasteiger partial charge >= 0.3 is 6.01 Å². The Hall–Kier alpha value is -1.88. The van der Waals surface area contributed by atoms with Crippen LogP contribution in [0.4, 0.5) is 6.01 Å². The smallest absolute Gasteiger partial charge is 0.315 e. The van der Waals surface area contributed by atoms with E-state index in [1.54, 1.807) is 0 Å². The second-order valence-electron chi connectivity index (χ2n) is 5.22. The predicted molar refractivity (Wildman–Crippen MR) is 79.6 cm³/mol. The van der Waals surface area contributed by atoms with Crippen LogP contribution in [0.2, 0.25) is 0 Å². The molecule has 0 aliphatic carbocycles. The van der Waals surface area contributed by atoms with Crippen LogP contribution in [0.1, 0.15) is 49.7 Å². The van der Waals surface area contributed by atoms with Gasteiger partial charge in [0, 0.05) is 0 Å². The van der Waals surface area contributed by atoms with Gasteiger partial charge in [-0.25, -0.2) is 0 Å². The van der Waals surface area contributed by atoms with Crippen LogP contribution in [0.3, 0.4) is 0 Å². The van der Waals surface area contributed by atoms with Crippen LogP contribution < -0.4 is 10.6 Å². The molecule has 5 nitrogen and oxygen atoms in total. The average molecular weight is 274 g/mol. The molecule has 1 heterocycles. The summed E-state index contributed by atoms with van der Waals surface area (Å²) in [6, 6.07) is 9.18. The Morgan fingerprint density at radius 2 is 1.70 bits per heavy atom. The quantitative estimate of drug-likeness (QED) is 0.847. The number of anilines is 1. The van der Waals surface area contributed by atoms with Gasteiger partial charge in [0.2, 0.25) is 5.89 Å². The maximum atomic E-state index is 5.48. The first kappa shape index (κ1) is 14.5. The molecule has 20 heavy (non-hydrogen) atoms. The monoisotopic (exact) mass is 274 g/mol. The number of aromatic nitrogens is 2. The van der Waals surface area contributed by atoms with Crippen molar-refractivity contribution in [1.82, 2.24) is 15.5 Å². The lowest BCUT2D eigenvalue weighted by molar-refractivity contribution is 0.486. The van der Waals surface area contributed by atoms with Gasteiger partial charge in [-0.05, 0) is 31.0 Å². The summed E-state index contributed by atoms with van der Waals surface area (Å²) < 4.78 is 5.48. The van der Waals surface area contributed by atoms with Crippen molar-refractivity contribution in [2.75, 3.05) is 12.4 Å². The lowest BCUT2D eigenvalue weighted by atomic mass is 10.00. The molecule has 1 atom stereocenters. The van der Waals surface area contributed by atoms with Crippen molar-refractivity contribution in [3.63, 3.8) is 0 Å². The molecule has 108 valence electrons. The average Bonchev–Trinajstić information content (AvgIpc) is 2.86. The summed E-state index contributed by atoms with van der Waals surface area (Å²) in [7, 11) is 1.84. The Balaban J connectivity index is 2.01. The Morgan fingerprint density at radius 1 is 1.05 bits per heavy atom. The molecule has 0 radical (unpaired) electrons. The molecule has 0 saturated heterocycles. The minimum atomic E-state index is 0.124. The first-order chi connectivity index (χ1) is 9.60. The molecular weight excluding hydrogens is 252 g/mol. The summed E-state index contributed by atoms with van der Waals surface area (Å²) >= 11 is 0. The number of benzene rings is 1. The third-order valence-corrected chi connectivity index (χ3v) is 3.24. The molecule has 5 heteroatoms. The van der Waals surface area contributed by atoms with Crippen molar-refractivity contribution in [1.29, 1.82) is 0 Å². The minimum absolute atomic E-state index is 0.124. The van der Waals surface area contributed by atoms with Gasteiger partial charge in [-0.2, -0.15) is 0 Å². The zero-order chi connectivity index (χ0) is 14.5. The summed E-state index contributed by atoms with van der Waals surface area (Å²) in [5, 5.41) is 14.1. The molecule has 1 unspecified atom stereocenters. The molecule has 0 spiro atoms. The Bertz CT molecular complexity index is 533. The molecule has 0 saturated carbocycles. The number of hydrogen-bond acceptors (Lipinski definition) is 5. The van der Waals surface area contributed by atoms with Crippen LogP contribution in [0.5, 0.6) is 0 Å². The Morgan fingerprint density at radius 3 is 2.30 bits per heavy atom. The number of nitrogens with one attached hydrogen (secondary N) is 2. The van der Waals surface area contributed by atoms with Crippen molar-refractivity contribution in [3.8, 4) is 0 Å². The summed E-state index contributed by atoms with van der Waals surface area (Å²) in [5.74, 6) is 1.13. The van der Waals surface area contributed by atoms with Crippen LogP contribution in [0.25, 0.3) is 0 Å². The lowest BCUT2D eigenvalue weighted by Crippen LogP contribution is -2.07. The molecule has 0 bridgehead atoms. The normalized spacial score (nSPS) is 12.7. The van der Waals surface area contributed by atoms with E-state index in [2.05, 4.69) is 65.9 Å². The van der Waals surface area contributed by atoms with Gasteiger partial charge in [0.05, 0.1) is 12.6 Å². The Kier molecular flexibility index (Phi) is 4.74. The van der Waals surface area contributed by atoms with Gasteiger partial charge in [-0.1, -0.05) is 43.2 Å². The highest BCUT2D eigenvalue weighted by atomic mass is 16.4. The largest absolute Gasteiger partial charge is 0.407 e. The molecule has 0 amide bonds. The third-order valence-electron chi connectivity index (χ3n) is 3.24. The van der Waals surface area contributed by atoms with Gasteiger partial charge in [-0.3, -0.25) is 0 Å². The van der Waals surface area contributed by atoms with Crippen LogP contribution in [-0.4, -0.2) is 17.2 Å². The van der Waals surface area contributed by atoms with E-state index in [1.807, 2.05) is 7.05 Å². The fourth-order valence-electron chi connectivity index (χ4n) is 1.97. The van der Waals surface area contributed by atoms with Crippen molar-refractivity contribution < 1.29 is 4.42 Å². The fourth-order valence-corrected chi connectivity index (χ4v) is 1.97. The highest BCUT2D eigenvalue weighted by Crippen LogP contribution is 2.21. The van der Waals surface area contributed by atoms with E-state index < -0.39 is 0 Å².